The van der Waals surface area contributed by atoms with Crippen LogP contribution in [-0.2, 0) is 0 Å². The number of fused-ring (bicyclic) bond motifs is 1. The Labute approximate surface area is 136 Å². The molecule has 0 bridgehead atoms. The molecule has 1 heterocycles. The highest BCUT2D eigenvalue weighted by atomic mass is 79.9. The van der Waals surface area contributed by atoms with E-state index < -0.39 is 6.10 Å². The number of hydrogen-bond donors (Lipinski definition) is 1. The topological polar surface area (TPSA) is 38.7 Å². The largest absolute Gasteiger partial charge is 0.486 e. The van der Waals surface area contributed by atoms with Gasteiger partial charge in [0.25, 0.3) is 0 Å². The van der Waals surface area contributed by atoms with Crippen LogP contribution in [0.25, 0.3) is 0 Å². The predicted molar refractivity (Wildman–Crippen MR) is 85.4 cm³/mol. The van der Waals surface area contributed by atoms with Crippen LogP contribution in [0.2, 0.25) is 5.02 Å². The molecule has 1 atom stereocenters. The molecule has 2 aromatic rings. The van der Waals surface area contributed by atoms with Gasteiger partial charge >= 0.3 is 0 Å². The van der Waals surface area contributed by atoms with Gasteiger partial charge in [-0.15, -0.1) is 0 Å². The van der Waals surface area contributed by atoms with Gasteiger partial charge in [-0.2, -0.15) is 0 Å². The number of hydrogen-bond acceptors (Lipinski definition) is 3. The maximum atomic E-state index is 10.7. The quantitative estimate of drug-likeness (QED) is 0.859. The molecule has 3 nitrogen and oxygen atoms in total. The Hall–Kier alpha value is -1.23. The van der Waals surface area contributed by atoms with Crippen molar-refractivity contribution in [3.05, 3.63) is 56.5 Å². The van der Waals surface area contributed by atoms with Crippen LogP contribution < -0.4 is 9.47 Å². The van der Waals surface area contributed by atoms with Gasteiger partial charge in [-0.05, 0) is 30.2 Å². The third kappa shape index (κ3) is 2.76. The Morgan fingerprint density at radius 3 is 2.52 bits per heavy atom. The molecule has 1 aliphatic heterocycles. The molecule has 0 saturated carbocycles. The summed E-state index contributed by atoms with van der Waals surface area (Å²) in [6, 6.07) is 9.17. The van der Waals surface area contributed by atoms with Crippen LogP contribution in [-0.4, -0.2) is 18.3 Å². The molecule has 0 aliphatic carbocycles. The first-order valence-electron chi connectivity index (χ1n) is 6.60. The predicted octanol–water partition coefficient (Wildman–Crippen LogP) is 4.26. The van der Waals surface area contributed by atoms with Gasteiger partial charge in [-0.3, -0.25) is 0 Å². The third-order valence-electron chi connectivity index (χ3n) is 3.56. The highest BCUT2D eigenvalue weighted by molar-refractivity contribution is 9.10. The summed E-state index contributed by atoms with van der Waals surface area (Å²) in [5.41, 5.74) is 2.40. The van der Waals surface area contributed by atoms with Gasteiger partial charge in [-0.25, -0.2) is 0 Å². The molecular weight excluding hydrogens is 356 g/mol. The zero-order valence-corrected chi connectivity index (χ0v) is 13.7. The minimum absolute atomic E-state index is 0.464. The van der Waals surface area contributed by atoms with E-state index in [9.17, 15) is 5.11 Å². The van der Waals surface area contributed by atoms with E-state index in [0.29, 0.717) is 35.3 Å². The molecule has 110 valence electrons. The lowest BCUT2D eigenvalue weighted by atomic mass is 9.97. The lowest BCUT2D eigenvalue weighted by Gasteiger charge is -2.22. The average Bonchev–Trinajstić information content (AvgIpc) is 2.48. The van der Waals surface area contributed by atoms with E-state index in [1.807, 2.05) is 25.1 Å². The molecule has 0 amide bonds. The summed E-state index contributed by atoms with van der Waals surface area (Å²) in [4.78, 5) is 0. The number of halogens is 2. The zero-order chi connectivity index (χ0) is 15.0. The Morgan fingerprint density at radius 2 is 1.81 bits per heavy atom. The molecule has 0 aromatic heterocycles. The van der Waals surface area contributed by atoms with Crippen molar-refractivity contribution in [3.63, 3.8) is 0 Å². The van der Waals surface area contributed by atoms with Crippen molar-refractivity contribution in [2.75, 3.05) is 13.2 Å². The standard InChI is InChI=1S/C16H14BrClO3/c1-9-10(3-2-4-12(9)17)16(19)11-7-14-15(8-13(11)18)21-6-5-20-14/h2-4,7-8,16,19H,5-6H2,1H3. The van der Waals surface area contributed by atoms with Crippen molar-refractivity contribution in [2.24, 2.45) is 0 Å². The summed E-state index contributed by atoms with van der Waals surface area (Å²) in [7, 11) is 0. The molecular formula is C16H14BrClO3. The van der Waals surface area contributed by atoms with Crippen LogP contribution >= 0.6 is 27.5 Å². The van der Waals surface area contributed by atoms with Crippen molar-refractivity contribution >= 4 is 27.5 Å². The van der Waals surface area contributed by atoms with E-state index in [-0.39, 0.29) is 0 Å². The zero-order valence-electron chi connectivity index (χ0n) is 11.4. The fourth-order valence-corrected chi connectivity index (χ4v) is 3.02. The molecule has 2 aromatic carbocycles. The van der Waals surface area contributed by atoms with E-state index in [1.165, 1.54) is 0 Å². The lowest BCUT2D eigenvalue weighted by Crippen LogP contribution is -2.16. The van der Waals surface area contributed by atoms with E-state index in [2.05, 4.69) is 15.9 Å². The molecule has 1 N–H and O–H groups in total. The minimum atomic E-state index is -0.814. The van der Waals surface area contributed by atoms with E-state index >= 15 is 0 Å². The fourth-order valence-electron chi connectivity index (χ4n) is 2.38. The van der Waals surface area contributed by atoms with Crippen LogP contribution in [0.15, 0.2) is 34.8 Å². The van der Waals surface area contributed by atoms with Gasteiger partial charge in [0.05, 0.1) is 5.02 Å². The van der Waals surface area contributed by atoms with Gasteiger partial charge in [0.2, 0.25) is 0 Å². The summed E-state index contributed by atoms with van der Waals surface area (Å²) < 4.78 is 12.0. The Morgan fingerprint density at radius 1 is 1.14 bits per heavy atom. The molecule has 1 unspecified atom stereocenters. The molecule has 1 aliphatic rings. The molecule has 5 heteroatoms. The summed E-state index contributed by atoms with van der Waals surface area (Å²) >= 11 is 9.77. The second-order valence-corrected chi connectivity index (χ2v) is 6.14. The maximum absolute atomic E-state index is 10.7. The molecule has 0 fully saturated rings. The van der Waals surface area contributed by atoms with Crippen LogP contribution in [0, 0.1) is 6.92 Å². The lowest BCUT2D eigenvalue weighted by molar-refractivity contribution is 0.169. The first-order chi connectivity index (χ1) is 10.1. The monoisotopic (exact) mass is 368 g/mol. The number of rotatable bonds is 2. The van der Waals surface area contributed by atoms with E-state index in [4.69, 9.17) is 21.1 Å². The highest BCUT2D eigenvalue weighted by Crippen LogP contribution is 2.40. The van der Waals surface area contributed by atoms with Gasteiger partial charge in [-0.1, -0.05) is 39.7 Å². The molecule has 0 radical (unpaired) electrons. The summed E-state index contributed by atoms with van der Waals surface area (Å²) in [5.74, 6) is 1.24. The molecule has 0 spiro atoms. The van der Waals surface area contributed by atoms with Crippen LogP contribution in [0.5, 0.6) is 11.5 Å². The second kappa shape index (κ2) is 5.87. The number of ether oxygens (including phenoxy) is 2. The summed E-state index contributed by atoms with van der Waals surface area (Å²) in [6.07, 6.45) is -0.814. The Balaban J connectivity index is 2.05. The van der Waals surface area contributed by atoms with Crippen molar-refractivity contribution in [3.8, 4) is 11.5 Å². The molecule has 3 rings (SSSR count). The van der Waals surface area contributed by atoms with Gasteiger partial charge in [0.1, 0.15) is 19.3 Å². The van der Waals surface area contributed by atoms with Crippen molar-refractivity contribution in [1.82, 2.24) is 0 Å². The highest BCUT2D eigenvalue weighted by Gasteiger charge is 2.21. The Kier molecular flexibility index (Phi) is 4.11. The van der Waals surface area contributed by atoms with Gasteiger partial charge in [0.15, 0.2) is 11.5 Å². The van der Waals surface area contributed by atoms with Crippen LogP contribution in [0.4, 0.5) is 0 Å². The van der Waals surface area contributed by atoms with Crippen LogP contribution in [0.1, 0.15) is 22.8 Å². The van der Waals surface area contributed by atoms with Gasteiger partial charge in [0, 0.05) is 16.1 Å². The SMILES string of the molecule is Cc1c(Br)cccc1C(O)c1cc2c(cc1Cl)OCCO2. The average molecular weight is 370 g/mol. The first-order valence-corrected chi connectivity index (χ1v) is 7.77. The molecule has 0 saturated heterocycles. The number of benzene rings is 2. The second-order valence-electron chi connectivity index (χ2n) is 4.87. The third-order valence-corrected chi connectivity index (χ3v) is 4.75. The van der Waals surface area contributed by atoms with Crippen molar-refractivity contribution in [2.45, 2.75) is 13.0 Å². The minimum Gasteiger partial charge on any atom is -0.486 e. The molecule has 21 heavy (non-hydrogen) atoms. The first kappa shape index (κ1) is 14.7. The Bertz CT molecular complexity index is 687. The number of aliphatic hydroxyl groups is 1. The number of aliphatic hydroxyl groups excluding tert-OH is 1. The van der Waals surface area contributed by atoms with Crippen molar-refractivity contribution < 1.29 is 14.6 Å². The van der Waals surface area contributed by atoms with Gasteiger partial charge < -0.3 is 14.6 Å². The summed E-state index contributed by atoms with van der Waals surface area (Å²) in [5, 5.41) is 11.1. The normalized spacial score (nSPS) is 14.9. The maximum Gasteiger partial charge on any atom is 0.162 e. The van der Waals surface area contributed by atoms with Crippen LogP contribution in [0.3, 0.4) is 0 Å². The smallest absolute Gasteiger partial charge is 0.162 e. The van der Waals surface area contributed by atoms with E-state index in [0.717, 1.165) is 15.6 Å². The van der Waals surface area contributed by atoms with E-state index in [1.54, 1.807) is 12.1 Å². The van der Waals surface area contributed by atoms with Crippen molar-refractivity contribution in [1.29, 1.82) is 0 Å². The summed E-state index contributed by atoms with van der Waals surface area (Å²) in [6.45, 7) is 2.96. The fraction of sp³-hybridized carbons (Fsp3) is 0.250.